The minimum atomic E-state index is -0.884. The molecule has 4 amide bonds. The Morgan fingerprint density at radius 1 is 1.03 bits per heavy atom. The van der Waals surface area contributed by atoms with Gasteiger partial charge in [0, 0.05) is 28.2 Å². The molecule has 0 unspecified atom stereocenters. The summed E-state index contributed by atoms with van der Waals surface area (Å²) in [7, 11) is 1.45. The molecule has 180 valence electrons. The summed E-state index contributed by atoms with van der Waals surface area (Å²) < 4.78 is 21.3. The van der Waals surface area contributed by atoms with Gasteiger partial charge in [0.05, 0.1) is 24.4 Å². The fraction of sp³-hybridized carbons (Fsp3) is 0.0741. The number of methoxy groups -OCH3 is 1. The molecule has 9 heteroatoms. The highest BCUT2D eigenvalue weighted by atomic mass is 35.5. The van der Waals surface area contributed by atoms with Crippen LogP contribution in [-0.4, -0.2) is 29.5 Å². The van der Waals surface area contributed by atoms with Gasteiger partial charge < -0.3 is 9.30 Å². The molecule has 1 saturated heterocycles. The van der Waals surface area contributed by atoms with E-state index in [9.17, 15) is 18.8 Å². The van der Waals surface area contributed by atoms with Gasteiger partial charge in [0.2, 0.25) is 0 Å². The molecule has 3 aromatic carbocycles. The summed E-state index contributed by atoms with van der Waals surface area (Å²) in [6.45, 7) is 0.255. The number of para-hydroxylation sites is 1. The third-order valence-electron chi connectivity index (χ3n) is 5.91. The molecule has 7 nitrogen and oxygen atoms in total. The first kappa shape index (κ1) is 23.3. The van der Waals surface area contributed by atoms with Gasteiger partial charge in [-0.25, -0.2) is 14.1 Å². The molecule has 2 heterocycles. The number of imide groups is 2. The first-order chi connectivity index (χ1) is 17.4. The minimum Gasteiger partial charge on any atom is -0.495 e. The summed E-state index contributed by atoms with van der Waals surface area (Å²) in [6.07, 6.45) is 3.18. The summed E-state index contributed by atoms with van der Waals surface area (Å²) in [4.78, 5) is 39.4. The molecule has 36 heavy (non-hydrogen) atoms. The van der Waals surface area contributed by atoms with E-state index in [0.29, 0.717) is 16.9 Å². The number of rotatable bonds is 5. The molecule has 1 aromatic heterocycles. The van der Waals surface area contributed by atoms with Crippen LogP contribution < -0.4 is 15.0 Å². The largest absolute Gasteiger partial charge is 0.495 e. The van der Waals surface area contributed by atoms with Crippen LogP contribution in [0.15, 0.2) is 78.5 Å². The molecular weight excluding hydrogens is 485 g/mol. The third-order valence-corrected chi connectivity index (χ3v) is 6.21. The number of barbiturate groups is 1. The highest BCUT2D eigenvalue weighted by molar-refractivity contribution is 6.40. The zero-order valence-corrected chi connectivity index (χ0v) is 19.8. The van der Waals surface area contributed by atoms with E-state index >= 15 is 0 Å². The zero-order valence-electron chi connectivity index (χ0n) is 19.0. The van der Waals surface area contributed by atoms with Gasteiger partial charge in [-0.15, -0.1) is 0 Å². The van der Waals surface area contributed by atoms with Crippen LogP contribution in [-0.2, 0) is 16.1 Å². The number of fused-ring (bicyclic) bond motifs is 1. The zero-order chi connectivity index (χ0) is 25.4. The number of amides is 4. The number of carbonyl (C=O) groups excluding carboxylic acids is 3. The molecule has 0 spiro atoms. The van der Waals surface area contributed by atoms with Gasteiger partial charge in [0.15, 0.2) is 0 Å². The molecule has 1 aliphatic rings. The lowest BCUT2D eigenvalue weighted by Gasteiger charge is -2.26. The average Bonchev–Trinajstić information content (AvgIpc) is 3.20. The monoisotopic (exact) mass is 503 g/mol. The molecule has 1 N–H and O–H groups in total. The lowest BCUT2D eigenvalue weighted by Crippen LogP contribution is -2.54. The number of urea groups is 1. The van der Waals surface area contributed by atoms with Crippen molar-refractivity contribution in [2.24, 2.45) is 0 Å². The molecule has 4 aromatic rings. The van der Waals surface area contributed by atoms with E-state index in [1.54, 1.807) is 24.4 Å². The van der Waals surface area contributed by atoms with E-state index < -0.39 is 17.8 Å². The Kier molecular flexibility index (Phi) is 6.03. The Bertz CT molecular complexity index is 1580. The topological polar surface area (TPSA) is 80.6 Å². The number of hydrogen-bond donors (Lipinski definition) is 1. The van der Waals surface area contributed by atoms with E-state index in [1.807, 2.05) is 28.8 Å². The van der Waals surface area contributed by atoms with Crippen molar-refractivity contribution in [1.82, 2.24) is 9.88 Å². The van der Waals surface area contributed by atoms with Crippen molar-refractivity contribution in [3.05, 3.63) is 100 Å². The molecule has 0 bridgehead atoms. The quantitative estimate of drug-likeness (QED) is 0.301. The van der Waals surface area contributed by atoms with Crippen LogP contribution in [0.2, 0.25) is 5.02 Å². The summed E-state index contributed by atoms with van der Waals surface area (Å²) in [6, 6.07) is 17.4. The summed E-state index contributed by atoms with van der Waals surface area (Å²) in [5.41, 5.74) is 1.82. The summed E-state index contributed by atoms with van der Waals surface area (Å²) in [5.74, 6) is -1.56. The van der Waals surface area contributed by atoms with E-state index in [1.165, 1.54) is 37.5 Å². The van der Waals surface area contributed by atoms with Gasteiger partial charge in [0.25, 0.3) is 11.8 Å². The second-order valence-corrected chi connectivity index (χ2v) is 8.50. The number of ether oxygens (including phenoxy) is 1. The Hall–Kier alpha value is -4.43. The molecule has 0 radical (unpaired) electrons. The highest BCUT2D eigenvalue weighted by Gasteiger charge is 2.37. The second-order valence-electron chi connectivity index (χ2n) is 8.10. The number of benzene rings is 3. The maximum atomic E-state index is 14.3. The predicted octanol–water partition coefficient (Wildman–Crippen LogP) is 5.16. The first-order valence-corrected chi connectivity index (χ1v) is 11.3. The molecule has 0 aliphatic carbocycles. The molecule has 1 fully saturated rings. The van der Waals surface area contributed by atoms with Gasteiger partial charge in [-0.2, -0.15) is 0 Å². The minimum absolute atomic E-state index is 0.184. The van der Waals surface area contributed by atoms with Crippen molar-refractivity contribution in [2.75, 3.05) is 12.0 Å². The van der Waals surface area contributed by atoms with Crippen molar-refractivity contribution in [1.29, 1.82) is 0 Å². The summed E-state index contributed by atoms with van der Waals surface area (Å²) >= 11 is 6.18. The van der Waals surface area contributed by atoms with Crippen molar-refractivity contribution in [3.8, 4) is 5.75 Å². The molecule has 1 aliphatic heterocycles. The number of nitrogens with zero attached hydrogens (tertiary/aromatic N) is 2. The number of anilines is 1. The van der Waals surface area contributed by atoms with Crippen molar-refractivity contribution in [3.63, 3.8) is 0 Å². The smallest absolute Gasteiger partial charge is 0.335 e. The van der Waals surface area contributed by atoms with E-state index in [0.717, 1.165) is 15.8 Å². The van der Waals surface area contributed by atoms with Crippen LogP contribution in [0.3, 0.4) is 0 Å². The van der Waals surface area contributed by atoms with E-state index in [-0.39, 0.29) is 28.6 Å². The lowest BCUT2D eigenvalue weighted by molar-refractivity contribution is -0.122. The SMILES string of the molecule is COc1ccc(N2C(=O)NC(=O)/C(=C\c3cn(Cc4ccccc4F)c4ccccc34)C2=O)cc1Cl. The Morgan fingerprint density at radius 3 is 2.53 bits per heavy atom. The fourth-order valence-corrected chi connectivity index (χ4v) is 4.42. The van der Waals surface area contributed by atoms with Gasteiger partial charge in [-0.05, 0) is 36.4 Å². The number of carbonyl (C=O) groups is 3. The fourth-order valence-electron chi connectivity index (χ4n) is 4.17. The molecule has 0 saturated carbocycles. The number of hydrogen-bond acceptors (Lipinski definition) is 4. The van der Waals surface area contributed by atoms with Gasteiger partial charge >= 0.3 is 6.03 Å². The van der Waals surface area contributed by atoms with Crippen LogP contribution >= 0.6 is 11.6 Å². The number of aromatic nitrogens is 1. The van der Waals surface area contributed by atoms with Crippen LogP contribution in [0.4, 0.5) is 14.9 Å². The van der Waals surface area contributed by atoms with E-state index in [4.69, 9.17) is 16.3 Å². The van der Waals surface area contributed by atoms with E-state index in [2.05, 4.69) is 5.32 Å². The normalized spacial score (nSPS) is 15.0. The second kappa shape index (κ2) is 9.31. The van der Waals surface area contributed by atoms with Crippen molar-refractivity contribution >= 4 is 52.1 Å². The standard InChI is InChI=1S/C27H19ClFN3O4/c1-36-24-11-10-18(13-21(24)28)32-26(34)20(25(33)30-27(32)35)12-17-15-31(23-9-5-3-7-19(17)23)14-16-6-2-4-8-22(16)29/h2-13,15H,14H2,1H3,(H,30,33,35)/b20-12+. The third kappa shape index (κ3) is 4.12. The van der Waals surface area contributed by atoms with Gasteiger partial charge in [-0.3, -0.25) is 14.9 Å². The lowest BCUT2D eigenvalue weighted by atomic mass is 10.1. The van der Waals surface area contributed by atoms with Crippen LogP contribution in [0.5, 0.6) is 5.75 Å². The predicted molar refractivity (Wildman–Crippen MR) is 134 cm³/mol. The van der Waals surface area contributed by atoms with Crippen molar-refractivity contribution in [2.45, 2.75) is 6.54 Å². The molecular formula is C27H19ClFN3O4. The first-order valence-electron chi connectivity index (χ1n) is 10.9. The molecule has 5 rings (SSSR count). The molecule has 0 atom stereocenters. The Labute approximate surface area is 210 Å². The Morgan fingerprint density at radius 2 is 1.78 bits per heavy atom. The maximum absolute atomic E-state index is 14.3. The Balaban J connectivity index is 1.56. The number of halogens is 2. The van der Waals surface area contributed by atoms with Crippen LogP contribution in [0.25, 0.3) is 17.0 Å². The summed E-state index contributed by atoms with van der Waals surface area (Å²) in [5, 5.41) is 3.17. The average molecular weight is 504 g/mol. The maximum Gasteiger partial charge on any atom is 0.335 e. The van der Waals surface area contributed by atoms with Crippen LogP contribution in [0.1, 0.15) is 11.1 Å². The highest BCUT2D eigenvalue weighted by Crippen LogP contribution is 2.32. The van der Waals surface area contributed by atoms with Gasteiger partial charge in [0.1, 0.15) is 17.1 Å². The van der Waals surface area contributed by atoms with Crippen molar-refractivity contribution < 1.29 is 23.5 Å². The number of nitrogens with one attached hydrogen (secondary N) is 1. The van der Waals surface area contributed by atoms with Gasteiger partial charge in [-0.1, -0.05) is 48.0 Å². The van der Waals surface area contributed by atoms with Crippen LogP contribution in [0, 0.1) is 5.82 Å².